The molecule has 0 amide bonds. The van der Waals surface area contributed by atoms with Gasteiger partial charge in [-0.3, -0.25) is 0 Å². The summed E-state index contributed by atoms with van der Waals surface area (Å²) >= 11 is 5.10. The molecule has 1 aromatic carbocycles. The van der Waals surface area contributed by atoms with Crippen LogP contribution in [0.5, 0.6) is 0 Å². The maximum Gasteiger partial charge on any atom is 0.166 e. The first-order valence-corrected chi connectivity index (χ1v) is 5.49. The highest BCUT2D eigenvalue weighted by Gasteiger charge is 1.94. The maximum atomic E-state index is 5.38. The van der Waals surface area contributed by atoms with E-state index < -0.39 is 0 Å². The lowest BCUT2D eigenvalue weighted by Crippen LogP contribution is -2.35. The molecule has 1 aromatic rings. The number of rotatable bonds is 5. The molecule has 0 aromatic heterocycles. The van der Waals surface area contributed by atoms with Crippen molar-refractivity contribution < 1.29 is 0 Å². The van der Waals surface area contributed by atoms with E-state index in [1.54, 1.807) is 0 Å². The minimum atomic E-state index is 0.687. The molecule has 82 valence electrons. The summed E-state index contributed by atoms with van der Waals surface area (Å²) in [6.07, 6.45) is 0.938. The minimum Gasteiger partial charge on any atom is -0.363 e. The van der Waals surface area contributed by atoms with Crippen LogP contribution in [0.25, 0.3) is 0 Å². The number of hydrogen-bond acceptors (Lipinski definition) is 2. The molecular weight excluding hydrogens is 206 g/mol. The highest BCUT2D eigenvalue weighted by Crippen LogP contribution is 1.96. The summed E-state index contributed by atoms with van der Waals surface area (Å²) in [5, 5.41) is 6.92. The lowest BCUT2D eigenvalue weighted by molar-refractivity contribution is 0.762. The Morgan fingerprint density at radius 2 is 1.93 bits per heavy atom. The average molecular weight is 223 g/mol. The number of benzene rings is 1. The summed E-state index contributed by atoms with van der Waals surface area (Å²) in [4.78, 5) is 0. The third-order valence-electron chi connectivity index (χ3n) is 1.96. The Labute approximate surface area is 96.1 Å². The highest BCUT2D eigenvalue weighted by atomic mass is 32.1. The van der Waals surface area contributed by atoms with E-state index in [0.717, 1.165) is 19.5 Å². The third kappa shape index (κ3) is 5.34. The van der Waals surface area contributed by atoms with E-state index in [1.165, 1.54) is 5.56 Å². The normalized spacial score (nSPS) is 9.67. The molecule has 0 aliphatic carbocycles. The molecule has 3 nitrogen and oxygen atoms in total. The molecular formula is C11H17N3S. The van der Waals surface area contributed by atoms with Crippen LogP contribution >= 0.6 is 12.2 Å². The fraction of sp³-hybridized carbons (Fsp3) is 0.364. The van der Waals surface area contributed by atoms with Crippen LogP contribution in [0, 0.1) is 0 Å². The molecule has 0 fully saturated rings. The first-order chi connectivity index (χ1) is 7.33. The molecule has 1 rings (SSSR count). The van der Waals surface area contributed by atoms with E-state index in [4.69, 9.17) is 18.0 Å². The topological polar surface area (TPSA) is 50.1 Å². The molecule has 4 N–H and O–H groups in total. The molecule has 0 atom stereocenters. The van der Waals surface area contributed by atoms with E-state index in [-0.39, 0.29) is 0 Å². The van der Waals surface area contributed by atoms with Crippen molar-refractivity contribution in [3.05, 3.63) is 35.9 Å². The zero-order valence-corrected chi connectivity index (χ0v) is 9.52. The molecule has 4 heteroatoms. The van der Waals surface area contributed by atoms with Crippen LogP contribution in [0.1, 0.15) is 12.0 Å². The summed E-state index contributed by atoms with van der Waals surface area (Å²) in [6, 6.07) is 10.2. The van der Waals surface area contributed by atoms with Gasteiger partial charge in [-0.2, -0.15) is 0 Å². The van der Waals surface area contributed by atoms with Crippen LogP contribution in [0.2, 0.25) is 0 Å². The lowest BCUT2D eigenvalue weighted by Gasteiger charge is -2.09. The second-order valence-electron chi connectivity index (χ2n) is 3.24. The van der Waals surface area contributed by atoms with Crippen molar-refractivity contribution in [3.8, 4) is 0 Å². The van der Waals surface area contributed by atoms with Crippen molar-refractivity contribution in [2.24, 2.45) is 5.73 Å². The van der Waals surface area contributed by atoms with Gasteiger partial charge >= 0.3 is 0 Å². The van der Waals surface area contributed by atoms with Crippen molar-refractivity contribution in [1.82, 2.24) is 10.6 Å². The number of thiocarbonyl (C=S) groups is 1. The first kappa shape index (κ1) is 11.9. The Morgan fingerprint density at radius 3 is 2.60 bits per heavy atom. The van der Waals surface area contributed by atoms with Crippen molar-refractivity contribution >= 4 is 17.3 Å². The molecule has 0 heterocycles. The molecule has 0 saturated heterocycles. The molecule has 15 heavy (non-hydrogen) atoms. The van der Waals surface area contributed by atoms with Gasteiger partial charge in [0, 0.05) is 13.1 Å². The maximum absolute atomic E-state index is 5.38. The molecule has 0 bridgehead atoms. The van der Waals surface area contributed by atoms with E-state index in [2.05, 4.69) is 22.8 Å². The Bertz CT molecular complexity index is 287. The van der Waals surface area contributed by atoms with Gasteiger partial charge in [0.1, 0.15) is 0 Å². The fourth-order valence-electron chi connectivity index (χ4n) is 1.14. The summed E-state index contributed by atoms with van der Waals surface area (Å²) in [6.45, 7) is 2.28. The Hall–Kier alpha value is -1.13. The van der Waals surface area contributed by atoms with Crippen molar-refractivity contribution in [2.75, 3.05) is 13.1 Å². The third-order valence-corrected chi connectivity index (χ3v) is 2.25. The van der Waals surface area contributed by atoms with Gasteiger partial charge in [0.2, 0.25) is 0 Å². The van der Waals surface area contributed by atoms with Crippen LogP contribution in [-0.4, -0.2) is 18.2 Å². The van der Waals surface area contributed by atoms with Gasteiger partial charge in [-0.05, 0) is 30.7 Å². The second kappa shape index (κ2) is 7.20. The zero-order chi connectivity index (χ0) is 10.9. The number of nitrogens with one attached hydrogen (secondary N) is 2. The summed E-state index contributed by atoms with van der Waals surface area (Å²) in [5.41, 5.74) is 6.60. The van der Waals surface area contributed by atoms with Gasteiger partial charge in [-0.15, -0.1) is 0 Å². The van der Waals surface area contributed by atoms with Crippen LogP contribution in [0.15, 0.2) is 30.3 Å². The summed E-state index contributed by atoms with van der Waals surface area (Å²) in [7, 11) is 0. The smallest absolute Gasteiger partial charge is 0.166 e. The standard InChI is InChI=1S/C11H17N3S/c12-7-4-8-13-11(15)14-9-10-5-2-1-3-6-10/h1-3,5-6H,4,7-9,12H2,(H2,13,14,15). The monoisotopic (exact) mass is 223 g/mol. The Balaban J connectivity index is 2.17. The van der Waals surface area contributed by atoms with Crippen LogP contribution in [-0.2, 0) is 6.54 Å². The van der Waals surface area contributed by atoms with Gasteiger partial charge in [-0.25, -0.2) is 0 Å². The van der Waals surface area contributed by atoms with E-state index >= 15 is 0 Å². The highest BCUT2D eigenvalue weighted by molar-refractivity contribution is 7.80. The summed E-state index contributed by atoms with van der Waals surface area (Å²) < 4.78 is 0. The first-order valence-electron chi connectivity index (χ1n) is 5.08. The fourth-order valence-corrected chi connectivity index (χ4v) is 1.32. The van der Waals surface area contributed by atoms with Gasteiger partial charge in [-0.1, -0.05) is 30.3 Å². The van der Waals surface area contributed by atoms with Gasteiger partial charge in [0.05, 0.1) is 0 Å². The molecule has 0 unspecified atom stereocenters. The van der Waals surface area contributed by atoms with E-state index in [1.807, 2.05) is 18.2 Å². The van der Waals surface area contributed by atoms with Crippen molar-refractivity contribution in [2.45, 2.75) is 13.0 Å². The molecule has 0 radical (unpaired) electrons. The molecule has 0 spiro atoms. The second-order valence-corrected chi connectivity index (χ2v) is 3.65. The largest absolute Gasteiger partial charge is 0.363 e. The lowest BCUT2D eigenvalue weighted by atomic mass is 10.2. The molecule has 0 aliphatic heterocycles. The van der Waals surface area contributed by atoms with Crippen molar-refractivity contribution in [3.63, 3.8) is 0 Å². The van der Waals surface area contributed by atoms with Gasteiger partial charge in [0.15, 0.2) is 5.11 Å². The van der Waals surface area contributed by atoms with Crippen LogP contribution in [0.4, 0.5) is 0 Å². The van der Waals surface area contributed by atoms with Crippen LogP contribution < -0.4 is 16.4 Å². The van der Waals surface area contributed by atoms with Crippen molar-refractivity contribution in [1.29, 1.82) is 0 Å². The molecule has 0 aliphatic rings. The zero-order valence-electron chi connectivity index (χ0n) is 8.70. The Kier molecular flexibility index (Phi) is 5.73. The SMILES string of the molecule is NCCCNC(=S)NCc1ccccc1. The van der Waals surface area contributed by atoms with E-state index in [0.29, 0.717) is 11.7 Å². The number of nitrogens with two attached hydrogens (primary N) is 1. The summed E-state index contributed by atoms with van der Waals surface area (Å²) in [5.74, 6) is 0. The Morgan fingerprint density at radius 1 is 1.20 bits per heavy atom. The van der Waals surface area contributed by atoms with Gasteiger partial charge < -0.3 is 16.4 Å². The number of hydrogen-bond donors (Lipinski definition) is 3. The molecule has 0 saturated carbocycles. The van der Waals surface area contributed by atoms with Crippen LogP contribution in [0.3, 0.4) is 0 Å². The quantitative estimate of drug-likeness (QED) is 0.515. The predicted octanol–water partition coefficient (Wildman–Crippen LogP) is 0.999. The average Bonchev–Trinajstić information content (AvgIpc) is 2.28. The predicted molar refractivity (Wildman–Crippen MR) is 67.6 cm³/mol. The van der Waals surface area contributed by atoms with E-state index in [9.17, 15) is 0 Å². The van der Waals surface area contributed by atoms with Gasteiger partial charge in [0.25, 0.3) is 0 Å². The minimum absolute atomic E-state index is 0.687.